The van der Waals surface area contributed by atoms with Crippen LogP contribution in [0.5, 0.6) is 5.75 Å². The molecular weight excluding hydrogens is 386 g/mol. The van der Waals surface area contributed by atoms with E-state index in [1.165, 1.54) is 14.0 Å². The van der Waals surface area contributed by atoms with Crippen LogP contribution < -0.4 is 4.74 Å². The van der Waals surface area contributed by atoms with Crippen molar-refractivity contribution in [2.75, 3.05) is 7.11 Å². The van der Waals surface area contributed by atoms with E-state index in [0.717, 1.165) is 0 Å². The second kappa shape index (κ2) is 9.43. The van der Waals surface area contributed by atoms with Gasteiger partial charge in [-0.15, -0.1) is 0 Å². The number of carbonyl (C=O) groups is 2. The predicted octanol–water partition coefficient (Wildman–Crippen LogP) is 3.71. The number of carbonyl (C=O) groups excluding carboxylic acids is 2. The van der Waals surface area contributed by atoms with E-state index in [0.29, 0.717) is 16.9 Å². The molecule has 7 nitrogen and oxygen atoms in total. The van der Waals surface area contributed by atoms with E-state index in [9.17, 15) is 20.0 Å². The fraction of sp³-hybridized carbons (Fsp3) is 0.348. The molecule has 2 unspecified atom stereocenters. The summed E-state index contributed by atoms with van der Waals surface area (Å²) in [5.41, 5.74) is -0.105. The largest absolute Gasteiger partial charge is 0.497 e. The first-order valence-electron chi connectivity index (χ1n) is 9.51. The number of Topliss-reactive ketones (excluding diaryl/α,β-unsaturated/α-hetero) is 1. The van der Waals surface area contributed by atoms with Gasteiger partial charge in [0.05, 0.1) is 13.0 Å². The highest BCUT2D eigenvalue weighted by molar-refractivity contribution is 6.10. The monoisotopic (exact) mass is 413 g/mol. The van der Waals surface area contributed by atoms with Gasteiger partial charge in [-0.2, -0.15) is 0 Å². The van der Waals surface area contributed by atoms with Crippen LogP contribution in [0.25, 0.3) is 0 Å². The summed E-state index contributed by atoms with van der Waals surface area (Å²) in [6, 6.07) is 15.0. The Hall–Kier alpha value is -3.35. The smallest absolute Gasteiger partial charge is 0.318 e. The van der Waals surface area contributed by atoms with Crippen LogP contribution in [-0.2, 0) is 14.3 Å². The fourth-order valence-corrected chi connectivity index (χ4v) is 3.24. The Bertz CT molecular complexity index is 909. The maximum atomic E-state index is 13.0. The molecule has 2 aromatic rings. The number of hydrogen-bond acceptors (Lipinski definition) is 6. The summed E-state index contributed by atoms with van der Waals surface area (Å²) < 4.78 is 10.7. The molecule has 160 valence electrons. The first-order valence-corrected chi connectivity index (χ1v) is 9.51. The zero-order chi connectivity index (χ0) is 22.5. The molecule has 0 fully saturated rings. The number of hydrogen-bond donors (Lipinski definition) is 1. The van der Waals surface area contributed by atoms with Gasteiger partial charge < -0.3 is 14.7 Å². The number of esters is 1. The normalized spacial score (nSPS) is 14.3. The first-order chi connectivity index (χ1) is 14.0. The van der Waals surface area contributed by atoms with Gasteiger partial charge >= 0.3 is 5.97 Å². The molecule has 2 atom stereocenters. The van der Waals surface area contributed by atoms with Crippen LogP contribution in [0.1, 0.15) is 44.7 Å². The van der Waals surface area contributed by atoms with E-state index in [1.54, 1.807) is 75.4 Å². The Kier molecular flexibility index (Phi) is 7.21. The molecule has 0 amide bonds. The Morgan fingerprint density at radius 2 is 1.60 bits per heavy atom. The molecule has 2 aromatic carbocycles. The average Bonchev–Trinajstić information content (AvgIpc) is 2.66. The van der Waals surface area contributed by atoms with Gasteiger partial charge in [-0.1, -0.05) is 30.3 Å². The Balaban J connectivity index is 2.71. The van der Waals surface area contributed by atoms with Gasteiger partial charge in [0, 0.05) is 10.5 Å². The van der Waals surface area contributed by atoms with Crippen molar-refractivity contribution in [1.29, 1.82) is 0 Å². The maximum Gasteiger partial charge on any atom is 0.318 e. The van der Waals surface area contributed by atoms with Crippen molar-refractivity contribution in [3.8, 4) is 5.75 Å². The molecule has 0 aromatic heterocycles. The van der Waals surface area contributed by atoms with Crippen LogP contribution in [0, 0.1) is 11.1 Å². The molecule has 30 heavy (non-hydrogen) atoms. The van der Waals surface area contributed by atoms with Crippen molar-refractivity contribution >= 4 is 17.5 Å². The Morgan fingerprint density at radius 1 is 1.03 bits per heavy atom. The van der Waals surface area contributed by atoms with Crippen LogP contribution in [0.3, 0.4) is 0 Å². The highest BCUT2D eigenvalue weighted by Crippen LogP contribution is 2.33. The maximum absolute atomic E-state index is 13.0. The zero-order valence-corrected chi connectivity index (χ0v) is 17.8. The molecule has 0 spiro atoms. The molecule has 0 heterocycles. The lowest BCUT2D eigenvalue weighted by Crippen LogP contribution is -2.40. The van der Waals surface area contributed by atoms with E-state index in [1.807, 2.05) is 0 Å². The van der Waals surface area contributed by atoms with E-state index < -0.39 is 29.2 Å². The van der Waals surface area contributed by atoms with Crippen LogP contribution in [0.2, 0.25) is 0 Å². The summed E-state index contributed by atoms with van der Waals surface area (Å²) >= 11 is 0. The summed E-state index contributed by atoms with van der Waals surface area (Å²) in [4.78, 5) is 25.4. The highest BCUT2D eigenvalue weighted by atomic mass is 16.8. The Morgan fingerprint density at radius 3 is 2.03 bits per heavy atom. The topological polar surface area (TPSA) is 98.9 Å². The molecule has 0 aliphatic rings. The summed E-state index contributed by atoms with van der Waals surface area (Å²) in [6.07, 6.45) is 0. The van der Waals surface area contributed by atoms with Gasteiger partial charge in [0.15, 0.2) is 0 Å². The predicted molar refractivity (Wildman–Crippen MR) is 112 cm³/mol. The van der Waals surface area contributed by atoms with E-state index in [2.05, 4.69) is 0 Å². The molecule has 2 rings (SSSR count). The van der Waals surface area contributed by atoms with Crippen LogP contribution in [-0.4, -0.2) is 40.3 Å². The quantitative estimate of drug-likeness (QED) is 0.186. The van der Waals surface area contributed by atoms with Crippen molar-refractivity contribution in [2.24, 2.45) is 5.92 Å². The molecule has 1 N–H and O–H groups in total. The summed E-state index contributed by atoms with van der Waals surface area (Å²) in [6.45, 7) is 6.34. The van der Waals surface area contributed by atoms with E-state index in [-0.39, 0.29) is 10.6 Å². The lowest BCUT2D eigenvalue weighted by atomic mass is 9.78. The van der Waals surface area contributed by atoms with Crippen molar-refractivity contribution in [3.63, 3.8) is 0 Å². The van der Waals surface area contributed by atoms with E-state index >= 15 is 0 Å². The summed E-state index contributed by atoms with van der Waals surface area (Å²) in [5, 5.41) is 22.3. The minimum Gasteiger partial charge on any atom is -0.497 e. The highest BCUT2D eigenvalue weighted by Gasteiger charge is 2.44. The second-order valence-electron chi connectivity index (χ2n) is 7.90. The molecule has 7 heteroatoms. The molecule has 0 radical (unpaired) electrons. The van der Waals surface area contributed by atoms with Crippen molar-refractivity contribution in [1.82, 2.24) is 0 Å². The zero-order valence-electron chi connectivity index (χ0n) is 17.8. The molecule has 0 bridgehead atoms. The van der Waals surface area contributed by atoms with Crippen molar-refractivity contribution < 1.29 is 29.2 Å². The standard InChI is InChI=1S/C23H27NO6/c1-15(25)19(22(26)30-23(2,3)4)20(16-11-13-18(29-5)14-12-16)21(24(27)28)17-9-7-6-8-10-17/h6-14,19-20H,1-5H3,(H,27,28). The van der Waals surface area contributed by atoms with Crippen molar-refractivity contribution in [2.45, 2.75) is 39.2 Å². The number of nitrogens with zero attached hydrogens (tertiary/aromatic N) is 1. The average molecular weight is 413 g/mol. The summed E-state index contributed by atoms with van der Waals surface area (Å²) in [7, 11) is 1.51. The summed E-state index contributed by atoms with van der Waals surface area (Å²) in [5.74, 6) is -3.10. The minimum atomic E-state index is -1.34. The fourth-order valence-electron chi connectivity index (χ4n) is 3.24. The lowest BCUT2D eigenvalue weighted by Gasteiger charge is -2.27. The molecule has 0 saturated heterocycles. The molecular formula is C23H27NO6. The second-order valence-corrected chi connectivity index (χ2v) is 7.90. The minimum absolute atomic E-state index is 0.133. The third kappa shape index (κ3) is 5.59. The third-order valence-corrected chi connectivity index (χ3v) is 4.48. The van der Waals surface area contributed by atoms with Crippen LogP contribution in [0.15, 0.2) is 54.6 Å². The van der Waals surface area contributed by atoms with Gasteiger partial charge in [-0.3, -0.25) is 14.8 Å². The lowest BCUT2D eigenvalue weighted by molar-refractivity contribution is -0.726. The molecule has 0 aliphatic carbocycles. The molecule has 0 aliphatic heterocycles. The third-order valence-electron chi connectivity index (χ3n) is 4.48. The number of ether oxygens (including phenoxy) is 2. The van der Waals surface area contributed by atoms with Crippen LogP contribution in [0.4, 0.5) is 0 Å². The Labute approximate surface area is 176 Å². The van der Waals surface area contributed by atoms with E-state index in [4.69, 9.17) is 9.47 Å². The number of rotatable bonds is 7. The van der Waals surface area contributed by atoms with Crippen molar-refractivity contribution in [3.05, 3.63) is 70.9 Å². The van der Waals surface area contributed by atoms with Gasteiger partial charge in [0.2, 0.25) is 0 Å². The number of ketones is 1. The first kappa shape index (κ1) is 22.9. The SMILES string of the molecule is COc1ccc(C(/C(c2ccccc2)=[N+](/[O-])O)C(C(C)=O)C(=O)OC(C)(C)C)cc1. The van der Waals surface area contributed by atoms with Gasteiger partial charge in [0.1, 0.15) is 23.1 Å². The number of benzene rings is 2. The number of methoxy groups -OCH3 is 1. The van der Waals surface area contributed by atoms with Gasteiger partial charge in [0.25, 0.3) is 5.71 Å². The molecule has 0 saturated carbocycles. The van der Waals surface area contributed by atoms with Crippen LogP contribution >= 0.6 is 0 Å². The van der Waals surface area contributed by atoms with Gasteiger partial charge in [-0.25, -0.2) is 0 Å². The van der Waals surface area contributed by atoms with Gasteiger partial charge in [-0.05, 0) is 57.5 Å².